The van der Waals surface area contributed by atoms with Crippen LogP contribution in [-0.4, -0.2) is 24.5 Å². The number of aryl methyl sites for hydroxylation is 1. The monoisotopic (exact) mass is 350 g/mol. The van der Waals surface area contributed by atoms with E-state index >= 15 is 0 Å². The number of carbonyl (C=O) groups is 1. The van der Waals surface area contributed by atoms with Gasteiger partial charge >= 0.3 is 6.03 Å². The highest BCUT2D eigenvalue weighted by atomic mass is 35.5. The Labute approximate surface area is 145 Å². The minimum atomic E-state index is -0.575. The van der Waals surface area contributed by atoms with Crippen molar-refractivity contribution in [3.05, 3.63) is 47.0 Å². The maximum absolute atomic E-state index is 12.1. The highest BCUT2D eigenvalue weighted by molar-refractivity contribution is 6.31. The van der Waals surface area contributed by atoms with Crippen molar-refractivity contribution in [3.8, 4) is 17.2 Å². The van der Waals surface area contributed by atoms with Crippen molar-refractivity contribution in [3.63, 3.8) is 0 Å². The van der Waals surface area contributed by atoms with Gasteiger partial charge in [0.05, 0.1) is 12.8 Å². The SMILES string of the molecule is COc1cc(Cl)c(C)cc1NC(=O)NC(C)Oc1ccc(O)cc1. The molecule has 0 aliphatic carbocycles. The summed E-state index contributed by atoms with van der Waals surface area (Å²) >= 11 is 6.04. The Hall–Kier alpha value is -2.60. The van der Waals surface area contributed by atoms with Crippen LogP contribution in [0, 0.1) is 6.92 Å². The Balaban J connectivity index is 1.97. The van der Waals surface area contributed by atoms with Crippen LogP contribution in [0.1, 0.15) is 12.5 Å². The van der Waals surface area contributed by atoms with E-state index < -0.39 is 12.3 Å². The van der Waals surface area contributed by atoms with Crippen LogP contribution >= 0.6 is 11.6 Å². The number of hydrogen-bond acceptors (Lipinski definition) is 4. The van der Waals surface area contributed by atoms with Gasteiger partial charge in [0.2, 0.25) is 0 Å². The summed E-state index contributed by atoms with van der Waals surface area (Å²) in [7, 11) is 1.50. The molecular formula is C17H19ClN2O4. The van der Waals surface area contributed by atoms with Crippen LogP contribution in [0.4, 0.5) is 10.5 Å². The topological polar surface area (TPSA) is 79.8 Å². The predicted molar refractivity (Wildman–Crippen MR) is 93.1 cm³/mol. The van der Waals surface area contributed by atoms with Crippen LogP contribution in [0.2, 0.25) is 5.02 Å². The molecule has 128 valence electrons. The Kier molecular flexibility index (Phi) is 5.76. The number of amides is 2. The summed E-state index contributed by atoms with van der Waals surface area (Å²) < 4.78 is 10.8. The molecule has 3 N–H and O–H groups in total. The van der Waals surface area contributed by atoms with Crippen LogP contribution in [0.15, 0.2) is 36.4 Å². The van der Waals surface area contributed by atoms with Gasteiger partial charge in [-0.3, -0.25) is 0 Å². The van der Waals surface area contributed by atoms with E-state index in [0.29, 0.717) is 22.2 Å². The lowest BCUT2D eigenvalue weighted by Gasteiger charge is -2.18. The van der Waals surface area contributed by atoms with Gasteiger partial charge < -0.3 is 25.2 Å². The largest absolute Gasteiger partial charge is 0.508 e. The van der Waals surface area contributed by atoms with Crippen LogP contribution in [-0.2, 0) is 0 Å². The molecule has 24 heavy (non-hydrogen) atoms. The van der Waals surface area contributed by atoms with Gasteiger partial charge in [-0.05, 0) is 49.7 Å². The fourth-order valence-corrected chi connectivity index (χ4v) is 2.18. The molecule has 0 spiro atoms. The molecule has 1 atom stereocenters. The minimum absolute atomic E-state index is 0.144. The fourth-order valence-electron chi connectivity index (χ4n) is 2.03. The second-order valence-electron chi connectivity index (χ2n) is 5.15. The summed E-state index contributed by atoms with van der Waals surface area (Å²) in [5, 5.41) is 15.1. The van der Waals surface area contributed by atoms with Gasteiger partial charge in [-0.1, -0.05) is 11.6 Å². The molecular weight excluding hydrogens is 332 g/mol. The Morgan fingerprint density at radius 3 is 2.54 bits per heavy atom. The number of carbonyl (C=O) groups excluding carboxylic acids is 1. The number of urea groups is 1. The number of rotatable bonds is 5. The van der Waals surface area contributed by atoms with E-state index in [1.165, 1.54) is 19.2 Å². The van der Waals surface area contributed by atoms with Gasteiger partial charge in [0.15, 0.2) is 6.23 Å². The number of hydrogen-bond donors (Lipinski definition) is 3. The second kappa shape index (κ2) is 7.79. The number of benzene rings is 2. The first-order chi connectivity index (χ1) is 11.4. The predicted octanol–water partition coefficient (Wildman–Crippen LogP) is 3.91. The third kappa shape index (κ3) is 4.70. The van der Waals surface area contributed by atoms with Crippen molar-refractivity contribution in [2.45, 2.75) is 20.1 Å². The molecule has 2 aromatic rings. The maximum atomic E-state index is 12.1. The number of phenolic OH excluding ortho intramolecular Hbond substituents is 1. The number of aromatic hydroxyl groups is 1. The molecule has 2 amide bonds. The third-order valence-corrected chi connectivity index (χ3v) is 3.62. The summed E-state index contributed by atoms with van der Waals surface area (Å²) in [6.07, 6.45) is -0.575. The van der Waals surface area contributed by atoms with Crippen molar-refractivity contribution in [1.82, 2.24) is 5.32 Å². The smallest absolute Gasteiger partial charge is 0.322 e. The summed E-state index contributed by atoms with van der Waals surface area (Å²) in [6, 6.07) is 9.15. The average molecular weight is 351 g/mol. The third-order valence-electron chi connectivity index (χ3n) is 3.21. The standard InChI is InChI=1S/C17H19ClN2O4/c1-10-8-15(16(23-3)9-14(10)18)20-17(22)19-11(2)24-13-6-4-12(21)5-7-13/h4-9,11,21H,1-3H3,(H2,19,20,22). The van der Waals surface area contributed by atoms with Crippen LogP contribution < -0.4 is 20.1 Å². The van der Waals surface area contributed by atoms with E-state index in [-0.39, 0.29) is 5.75 Å². The van der Waals surface area contributed by atoms with E-state index in [0.717, 1.165) is 5.56 Å². The quantitative estimate of drug-likeness (QED) is 0.714. The van der Waals surface area contributed by atoms with Gasteiger partial charge in [-0.25, -0.2) is 4.79 Å². The average Bonchev–Trinajstić information content (AvgIpc) is 2.52. The Morgan fingerprint density at radius 2 is 1.92 bits per heavy atom. The number of nitrogens with one attached hydrogen (secondary N) is 2. The van der Waals surface area contributed by atoms with Crippen molar-refractivity contribution >= 4 is 23.3 Å². The molecule has 2 rings (SSSR count). The number of methoxy groups -OCH3 is 1. The van der Waals surface area contributed by atoms with Crippen molar-refractivity contribution in [1.29, 1.82) is 0 Å². The summed E-state index contributed by atoms with van der Waals surface area (Å²) in [6.45, 7) is 3.53. The Morgan fingerprint density at radius 1 is 1.25 bits per heavy atom. The number of phenols is 1. The van der Waals surface area contributed by atoms with Crippen molar-refractivity contribution in [2.75, 3.05) is 12.4 Å². The summed E-state index contributed by atoms with van der Waals surface area (Å²) in [5.74, 6) is 1.14. The normalized spacial score (nSPS) is 11.5. The molecule has 0 fully saturated rings. The second-order valence-corrected chi connectivity index (χ2v) is 5.56. The van der Waals surface area contributed by atoms with Gasteiger partial charge in [-0.2, -0.15) is 0 Å². The van der Waals surface area contributed by atoms with E-state index in [1.54, 1.807) is 31.2 Å². The minimum Gasteiger partial charge on any atom is -0.508 e. The molecule has 1 unspecified atom stereocenters. The number of anilines is 1. The molecule has 7 heteroatoms. The zero-order valence-corrected chi connectivity index (χ0v) is 14.3. The first-order valence-electron chi connectivity index (χ1n) is 7.26. The molecule has 2 aromatic carbocycles. The molecule has 0 aliphatic rings. The molecule has 0 radical (unpaired) electrons. The van der Waals surface area contributed by atoms with E-state index in [9.17, 15) is 9.90 Å². The molecule has 0 heterocycles. The number of ether oxygens (including phenoxy) is 2. The van der Waals surface area contributed by atoms with Crippen LogP contribution in [0.5, 0.6) is 17.2 Å². The summed E-state index contributed by atoms with van der Waals surface area (Å²) in [5.41, 5.74) is 1.33. The van der Waals surface area contributed by atoms with E-state index in [2.05, 4.69) is 10.6 Å². The van der Waals surface area contributed by atoms with Crippen molar-refractivity contribution < 1.29 is 19.4 Å². The van der Waals surface area contributed by atoms with Gasteiger partial charge in [0.25, 0.3) is 0 Å². The number of halogens is 1. The van der Waals surface area contributed by atoms with Gasteiger partial charge in [0.1, 0.15) is 17.2 Å². The molecule has 0 bridgehead atoms. The van der Waals surface area contributed by atoms with E-state index in [1.807, 2.05) is 6.92 Å². The highest BCUT2D eigenvalue weighted by Crippen LogP contribution is 2.30. The molecule has 0 saturated heterocycles. The van der Waals surface area contributed by atoms with Crippen LogP contribution in [0.3, 0.4) is 0 Å². The molecule has 0 saturated carbocycles. The molecule has 0 aliphatic heterocycles. The lowest BCUT2D eigenvalue weighted by Crippen LogP contribution is -2.39. The lowest BCUT2D eigenvalue weighted by atomic mass is 10.2. The highest BCUT2D eigenvalue weighted by Gasteiger charge is 2.13. The zero-order chi connectivity index (χ0) is 17.7. The van der Waals surface area contributed by atoms with Crippen molar-refractivity contribution in [2.24, 2.45) is 0 Å². The molecule has 0 aromatic heterocycles. The molecule has 6 nitrogen and oxygen atoms in total. The van der Waals surface area contributed by atoms with Gasteiger partial charge in [0, 0.05) is 11.1 Å². The zero-order valence-electron chi connectivity index (χ0n) is 13.6. The first-order valence-corrected chi connectivity index (χ1v) is 7.64. The lowest BCUT2D eigenvalue weighted by molar-refractivity contribution is 0.183. The van der Waals surface area contributed by atoms with Crippen LogP contribution in [0.25, 0.3) is 0 Å². The first kappa shape index (κ1) is 17.7. The maximum Gasteiger partial charge on any atom is 0.322 e. The summed E-state index contributed by atoms with van der Waals surface area (Å²) in [4.78, 5) is 12.1. The van der Waals surface area contributed by atoms with Gasteiger partial charge in [-0.15, -0.1) is 0 Å². The Bertz CT molecular complexity index is 719. The van der Waals surface area contributed by atoms with E-state index in [4.69, 9.17) is 21.1 Å². The fraction of sp³-hybridized carbons (Fsp3) is 0.235.